The molecule has 5 nitrogen and oxygen atoms in total. The average Bonchev–Trinajstić information content (AvgIpc) is 2.49. The van der Waals surface area contributed by atoms with Gasteiger partial charge < -0.3 is 10.2 Å². The predicted octanol–water partition coefficient (Wildman–Crippen LogP) is 2.38. The summed E-state index contributed by atoms with van der Waals surface area (Å²) in [5.41, 5.74) is 1.07. The molecule has 0 radical (unpaired) electrons. The van der Waals surface area contributed by atoms with Crippen molar-refractivity contribution in [1.29, 1.82) is 15.8 Å². The lowest BCUT2D eigenvalue weighted by Gasteiger charge is -2.10. The fourth-order valence-electron chi connectivity index (χ4n) is 1.87. The van der Waals surface area contributed by atoms with Crippen molar-refractivity contribution in [3.05, 3.63) is 47.0 Å². The van der Waals surface area contributed by atoms with Crippen LogP contribution in [0.5, 0.6) is 11.5 Å². The summed E-state index contributed by atoms with van der Waals surface area (Å²) < 4.78 is 0. The van der Waals surface area contributed by atoms with E-state index in [-0.39, 0.29) is 16.7 Å². The van der Waals surface area contributed by atoms with E-state index in [1.165, 1.54) is 0 Å². The first-order chi connectivity index (χ1) is 9.62. The van der Waals surface area contributed by atoms with Crippen LogP contribution in [0.25, 0.3) is 11.1 Å². The van der Waals surface area contributed by atoms with Crippen LogP contribution in [0.2, 0.25) is 0 Å². The van der Waals surface area contributed by atoms with Crippen molar-refractivity contribution in [2.75, 3.05) is 0 Å². The minimum atomic E-state index is -0.564. The second-order valence-electron chi connectivity index (χ2n) is 3.95. The molecule has 5 heteroatoms. The second-order valence-corrected chi connectivity index (χ2v) is 3.95. The highest BCUT2D eigenvalue weighted by Crippen LogP contribution is 2.38. The van der Waals surface area contributed by atoms with Crippen molar-refractivity contribution >= 4 is 0 Å². The lowest BCUT2D eigenvalue weighted by Crippen LogP contribution is -1.92. The molecule has 20 heavy (non-hydrogen) atoms. The van der Waals surface area contributed by atoms with Crippen LogP contribution in [0, 0.1) is 34.0 Å². The zero-order valence-corrected chi connectivity index (χ0v) is 10.1. The standard InChI is InChI=1S/C15H7N3O2/c16-6-9-1-3-10(4-2-9)14-11(7-17)5-13(19)15(20)12(14)8-18/h1-5,19-20H. The third-order valence-electron chi connectivity index (χ3n) is 2.81. The van der Waals surface area contributed by atoms with Gasteiger partial charge in [-0.05, 0) is 17.7 Å². The average molecular weight is 261 g/mol. The Labute approximate surface area is 114 Å². The van der Waals surface area contributed by atoms with Crippen LogP contribution >= 0.6 is 0 Å². The summed E-state index contributed by atoms with van der Waals surface area (Å²) in [6.07, 6.45) is 0. The highest BCUT2D eigenvalue weighted by molar-refractivity contribution is 5.81. The first kappa shape index (κ1) is 13.0. The van der Waals surface area contributed by atoms with Crippen LogP contribution < -0.4 is 0 Å². The monoisotopic (exact) mass is 261 g/mol. The molecule has 0 atom stereocenters. The molecule has 94 valence electrons. The van der Waals surface area contributed by atoms with E-state index < -0.39 is 11.5 Å². The minimum Gasteiger partial charge on any atom is -0.504 e. The quantitative estimate of drug-likeness (QED) is 0.765. The molecule has 0 fully saturated rings. The zero-order chi connectivity index (χ0) is 14.7. The molecule has 2 rings (SSSR count). The fourth-order valence-corrected chi connectivity index (χ4v) is 1.87. The maximum Gasteiger partial charge on any atom is 0.176 e. The molecule has 2 aromatic rings. The number of benzene rings is 2. The van der Waals surface area contributed by atoms with E-state index in [9.17, 15) is 10.2 Å². The molecule has 0 aliphatic heterocycles. The van der Waals surface area contributed by atoms with E-state index in [0.29, 0.717) is 11.1 Å². The summed E-state index contributed by atoms with van der Waals surface area (Å²) >= 11 is 0. The predicted molar refractivity (Wildman–Crippen MR) is 69.4 cm³/mol. The summed E-state index contributed by atoms with van der Waals surface area (Å²) in [6, 6.07) is 13.0. The van der Waals surface area contributed by atoms with Gasteiger partial charge in [0.2, 0.25) is 0 Å². The molecule has 2 N–H and O–H groups in total. The minimum absolute atomic E-state index is 0.0709. The van der Waals surface area contributed by atoms with Crippen LogP contribution in [0.1, 0.15) is 16.7 Å². The molecule has 0 aliphatic carbocycles. The van der Waals surface area contributed by atoms with Gasteiger partial charge in [-0.3, -0.25) is 0 Å². The number of aromatic hydroxyl groups is 2. The van der Waals surface area contributed by atoms with Crippen LogP contribution in [0.4, 0.5) is 0 Å². The van der Waals surface area contributed by atoms with Crippen LogP contribution in [0.15, 0.2) is 30.3 Å². The number of rotatable bonds is 1. The summed E-state index contributed by atoms with van der Waals surface area (Å²) in [5.74, 6) is -1.08. The van der Waals surface area contributed by atoms with Gasteiger partial charge >= 0.3 is 0 Å². The van der Waals surface area contributed by atoms with Crippen molar-refractivity contribution < 1.29 is 10.2 Å². The first-order valence-electron chi connectivity index (χ1n) is 5.52. The number of nitriles is 3. The van der Waals surface area contributed by atoms with Gasteiger partial charge in [0.25, 0.3) is 0 Å². The summed E-state index contributed by atoms with van der Waals surface area (Å²) in [5, 5.41) is 46.2. The molecule has 0 amide bonds. The molecular formula is C15H7N3O2. The number of phenolic OH excluding ortho intramolecular Hbond substituents is 2. The topological polar surface area (TPSA) is 112 Å². The van der Waals surface area contributed by atoms with Crippen molar-refractivity contribution in [2.24, 2.45) is 0 Å². The van der Waals surface area contributed by atoms with Gasteiger partial charge in [0.15, 0.2) is 11.5 Å². The number of hydrogen-bond acceptors (Lipinski definition) is 5. The van der Waals surface area contributed by atoms with Gasteiger partial charge in [-0.15, -0.1) is 0 Å². The van der Waals surface area contributed by atoms with E-state index in [1.807, 2.05) is 12.1 Å². The van der Waals surface area contributed by atoms with Crippen LogP contribution in [0.3, 0.4) is 0 Å². The Morgan fingerprint density at radius 2 is 1.50 bits per heavy atom. The Morgan fingerprint density at radius 3 is 2.00 bits per heavy atom. The molecule has 0 saturated heterocycles. The fraction of sp³-hybridized carbons (Fsp3) is 0. The van der Waals surface area contributed by atoms with Gasteiger partial charge in [0.05, 0.1) is 23.3 Å². The smallest absolute Gasteiger partial charge is 0.176 e. The molecule has 0 spiro atoms. The van der Waals surface area contributed by atoms with Gasteiger partial charge in [0, 0.05) is 11.6 Å². The van der Waals surface area contributed by atoms with Gasteiger partial charge in [-0.25, -0.2) is 0 Å². The summed E-state index contributed by atoms with van der Waals surface area (Å²) in [4.78, 5) is 0. The molecule has 0 aliphatic rings. The molecule has 0 heterocycles. The molecule has 0 unspecified atom stereocenters. The highest BCUT2D eigenvalue weighted by Gasteiger charge is 2.18. The lowest BCUT2D eigenvalue weighted by molar-refractivity contribution is 0.402. The van der Waals surface area contributed by atoms with E-state index >= 15 is 0 Å². The summed E-state index contributed by atoms with van der Waals surface area (Å²) in [6.45, 7) is 0. The van der Waals surface area contributed by atoms with Crippen molar-refractivity contribution in [3.63, 3.8) is 0 Å². The van der Waals surface area contributed by atoms with E-state index in [2.05, 4.69) is 0 Å². The highest BCUT2D eigenvalue weighted by atomic mass is 16.3. The van der Waals surface area contributed by atoms with Crippen LogP contribution in [-0.4, -0.2) is 10.2 Å². The SMILES string of the molecule is N#Cc1ccc(-c2c(C#N)cc(O)c(O)c2C#N)cc1. The number of hydrogen-bond donors (Lipinski definition) is 2. The number of nitrogens with zero attached hydrogens (tertiary/aromatic N) is 3. The number of phenols is 2. The third kappa shape index (κ3) is 1.99. The third-order valence-corrected chi connectivity index (χ3v) is 2.81. The molecule has 2 aromatic carbocycles. The van der Waals surface area contributed by atoms with Crippen molar-refractivity contribution in [3.8, 4) is 40.8 Å². The normalized spacial score (nSPS) is 9.25. The van der Waals surface area contributed by atoms with Gasteiger partial charge in [-0.1, -0.05) is 12.1 Å². The molecule has 0 aromatic heterocycles. The summed E-state index contributed by atoms with van der Waals surface area (Å²) in [7, 11) is 0. The van der Waals surface area contributed by atoms with Crippen LogP contribution in [-0.2, 0) is 0 Å². The van der Waals surface area contributed by atoms with Gasteiger partial charge in [-0.2, -0.15) is 15.8 Å². The lowest BCUT2D eigenvalue weighted by atomic mass is 9.93. The maximum absolute atomic E-state index is 9.73. The Hall–Kier alpha value is -3.49. The van der Waals surface area contributed by atoms with Crippen molar-refractivity contribution in [2.45, 2.75) is 0 Å². The Balaban J connectivity index is 2.79. The Morgan fingerprint density at radius 1 is 0.850 bits per heavy atom. The van der Waals surface area contributed by atoms with E-state index in [0.717, 1.165) is 6.07 Å². The Kier molecular flexibility index (Phi) is 3.25. The zero-order valence-electron chi connectivity index (χ0n) is 10.1. The largest absolute Gasteiger partial charge is 0.504 e. The van der Waals surface area contributed by atoms with E-state index in [4.69, 9.17) is 15.8 Å². The maximum atomic E-state index is 9.73. The van der Waals surface area contributed by atoms with Gasteiger partial charge in [0.1, 0.15) is 11.6 Å². The molecule has 0 bridgehead atoms. The second kappa shape index (κ2) is 5.02. The van der Waals surface area contributed by atoms with E-state index in [1.54, 1.807) is 30.3 Å². The first-order valence-corrected chi connectivity index (χ1v) is 5.52. The molecular weight excluding hydrogens is 254 g/mol. The Bertz CT molecular complexity index is 803. The van der Waals surface area contributed by atoms with Crippen molar-refractivity contribution in [1.82, 2.24) is 0 Å². The molecule has 0 saturated carbocycles.